The number of aryl methyl sites for hydroxylation is 1. The van der Waals surface area contributed by atoms with Crippen LogP contribution in [0.1, 0.15) is 56.7 Å². The molecular weight excluding hydrogens is 394 g/mol. The fourth-order valence-electron chi connectivity index (χ4n) is 4.48. The number of hydrogen-bond donors (Lipinski definition) is 2. The maximum Gasteiger partial charge on any atom is 0.140 e. The summed E-state index contributed by atoms with van der Waals surface area (Å²) in [5.74, 6) is 0.598. The number of halogens is 1. The van der Waals surface area contributed by atoms with E-state index >= 15 is 0 Å². The number of nitrogens with one attached hydrogen (secondary N) is 1. The van der Waals surface area contributed by atoms with E-state index in [0.717, 1.165) is 64.7 Å². The normalized spacial score (nSPS) is 21.3. The summed E-state index contributed by atoms with van der Waals surface area (Å²) in [6.07, 6.45) is 14.3. The minimum Gasteiger partial charge on any atom is -0.342 e. The second-order valence-corrected chi connectivity index (χ2v) is 8.59. The molecule has 0 radical (unpaired) electrons. The van der Waals surface area contributed by atoms with Crippen LogP contribution in [0.2, 0.25) is 5.02 Å². The standard InChI is InChI=1S/C24H28ClN5/c1-3-20-23(25)22-17(10-16-6-4-8-19(26)11-16)7-5-9-21(30-24(22)29-20)15(2)18-12-27-14-28-13-18/h5,12-14,16,19H,2-4,6-8,10-11,26H2,1H3,(H,29,30). The van der Waals surface area contributed by atoms with Crippen molar-refractivity contribution in [2.24, 2.45) is 16.6 Å². The lowest BCUT2D eigenvalue weighted by Crippen LogP contribution is -2.31. The molecule has 2 aliphatic rings. The van der Waals surface area contributed by atoms with Crippen molar-refractivity contribution >= 4 is 22.7 Å². The molecule has 3 N–H and O–H groups in total. The molecule has 5 nitrogen and oxygen atoms in total. The van der Waals surface area contributed by atoms with E-state index in [2.05, 4.69) is 34.2 Å². The molecule has 4 rings (SSSR count). The highest BCUT2D eigenvalue weighted by atomic mass is 35.5. The van der Waals surface area contributed by atoms with Gasteiger partial charge in [0, 0.05) is 40.5 Å². The summed E-state index contributed by atoms with van der Waals surface area (Å²) in [5.41, 5.74) is 14.9. The quantitative estimate of drug-likeness (QED) is 0.719. The van der Waals surface area contributed by atoms with Gasteiger partial charge in [0.05, 0.1) is 5.02 Å². The third kappa shape index (κ3) is 4.34. The van der Waals surface area contributed by atoms with Gasteiger partial charge in [-0.2, -0.15) is 0 Å². The van der Waals surface area contributed by atoms with E-state index in [4.69, 9.17) is 22.3 Å². The maximum absolute atomic E-state index is 6.83. The van der Waals surface area contributed by atoms with Crippen LogP contribution in [0, 0.1) is 5.92 Å². The van der Waals surface area contributed by atoms with Gasteiger partial charge in [-0.15, -0.1) is 0 Å². The summed E-state index contributed by atoms with van der Waals surface area (Å²) >= 11 is 6.83. The summed E-state index contributed by atoms with van der Waals surface area (Å²) in [7, 11) is 0. The van der Waals surface area contributed by atoms with Crippen LogP contribution in [0.15, 0.2) is 47.8 Å². The molecule has 0 aromatic carbocycles. The molecule has 1 saturated carbocycles. The molecule has 2 atom stereocenters. The van der Waals surface area contributed by atoms with Crippen molar-refractivity contribution in [3.63, 3.8) is 0 Å². The fraction of sp³-hybridized carbons (Fsp3) is 0.417. The molecule has 1 fully saturated rings. The Kier molecular flexibility index (Phi) is 6.33. The number of rotatable bonds is 5. The predicted molar refractivity (Wildman–Crippen MR) is 121 cm³/mol. The molecule has 6 heteroatoms. The summed E-state index contributed by atoms with van der Waals surface area (Å²) in [6.45, 7) is 6.30. The van der Waals surface area contributed by atoms with Crippen LogP contribution in [0.5, 0.6) is 0 Å². The Bertz CT molecular complexity index is 1120. The summed E-state index contributed by atoms with van der Waals surface area (Å²) in [4.78, 5) is 16.5. The molecule has 3 heterocycles. The predicted octanol–water partition coefficient (Wildman–Crippen LogP) is 3.85. The van der Waals surface area contributed by atoms with E-state index < -0.39 is 0 Å². The van der Waals surface area contributed by atoms with E-state index in [0.29, 0.717) is 17.7 Å². The molecule has 1 aliphatic heterocycles. The molecule has 0 saturated heterocycles. The molecule has 2 aromatic rings. The summed E-state index contributed by atoms with van der Waals surface area (Å²) < 4.78 is 0. The fourth-order valence-corrected chi connectivity index (χ4v) is 4.88. The topological polar surface area (TPSA) is 80.0 Å². The van der Waals surface area contributed by atoms with Gasteiger partial charge in [-0.3, -0.25) is 0 Å². The van der Waals surface area contributed by atoms with Gasteiger partial charge in [-0.1, -0.05) is 49.2 Å². The van der Waals surface area contributed by atoms with E-state index in [1.54, 1.807) is 12.4 Å². The average Bonchev–Trinajstić information content (AvgIpc) is 3.05. The van der Waals surface area contributed by atoms with Crippen LogP contribution < -0.4 is 16.4 Å². The first-order chi connectivity index (χ1) is 14.6. The van der Waals surface area contributed by atoms with Gasteiger partial charge in [-0.05, 0) is 44.1 Å². The van der Waals surface area contributed by atoms with Gasteiger partial charge < -0.3 is 10.7 Å². The van der Waals surface area contributed by atoms with Crippen molar-refractivity contribution < 1.29 is 0 Å². The number of hydrogen-bond acceptors (Lipinski definition) is 4. The smallest absolute Gasteiger partial charge is 0.140 e. The number of aromatic nitrogens is 3. The first kappa shape index (κ1) is 20.8. The molecule has 0 bridgehead atoms. The number of allylic oxidation sites excluding steroid dienone is 1. The first-order valence-corrected chi connectivity index (χ1v) is 11.1. The van der Waals surface area contributed by atoms with Crippen molar-refractivity contribution in [3.05, 3.63) is 69.8 Å². The second-order valence-electron chi connectivity index (χ2n) is 8.21. The Morgan fingerprint density at radius 1 is 1.33 bits per heavy atom. The molecule has 156 valence electrons. The Morgan fingerprint density at radius 2 is 2.13 bits per heavy atom. The van der Waals surface area contributed by atoms with Gasteiger partial charge in [0.2, 0.25) is 0 Å². The van der Waals surface area contributed by atoms with Gasteiger partial charge in [0.1, 0.15) is 17.5 Å². The molecule has 30 heavy (non-hydrogen) atoms. The van der Waals surface area contributed by atoms with Crippen LogP contribution in [-0.4, -0.2) is 21.0 Å². The number of H-pyrrole nitrogens is 1. The van der Waals surface area contributed by atoms with E-state index in [1.807, 2.05) is 6.08 Å². The zero-order valence-corrected chi connectivity index (χ0v) is 18.2. The molecule has 0 spiro atoms. The van der Waals surface area contributed by atoms with Gasteiger partial charge in [0.15, 0.2) is 0 Å². The molecule has 2 unspecified atom stereocenters. The first-order valence-electron chi connectivity index (χ1n) is 10.7. The lowest BCUT2D eigenvalue weighted by molar-refractivity contribution is 0.326. The van der Waals surface area contributed by atoms with Gasteiger partial charge >= 0.3 is 0 Å². The molecular formula is C24H28ClN5. The Labute approximate surface area is 182 Å². The van der Waals surface area contributed by atoms with Crippen molar-refractivity contribution in [3.8, 4) is 0 Å². The van der Waals surface area contributed by atoms with Crippen LogP contribution in [0.3, 0.4) is 0 Å². The van der Waals surface area contributed by atoms with Crippen molar-refractivity contribution in [1.29, 1.82) is 0 Å². The zero-order valence-electron chi connectivity index (χ0n) is 17.4. The third-order valence-corrected chi connectivity index (χ3v) is 6.48. The van der Waals surface area contributed by atoms with Gasteiger partial charge in [0.25, 0.3) is 0 Å². The van der Waals surface area contributed by atoms with E-state index in [-0.39, 0.29) is 0 Å². The number of nitrogens with zero attached hydrogens (tertiary/aromatic N) is 3. The molecule has 2 aromatic heterocycles. The number of fused-ring (bicyclic) bond motifs is 1. The van der Waals surface area contributed by atoms with E-state index in [9.17, 15) is 0 Å². The highest BCUT2D eigenvalue weighted by Crippen LogP contribution is 2.30. The van der Waals surface area contributed by atoms with E-state index in [1.165, 1.54) is 24.7 Å². The van der Waals surface area contributed by atoms with Crippen LogP contribution >= 0.6 is 11.6 Å². The maximum atomic E-state index is 6.83. The third-order valence-electron chi connectivity index (χ3n) is 6.06. The minimum atomic E-state index is 0.313. The zero-order chi connectivity index (χ0) is 21.1. The monoisotopic (exact) mass is 421 g/mol. The second kappa shape index (κ2) is 9.13. The van der Waals surface area contributed by atoms with Crippen molar-refractivity contribution in [2.45, 2.75) is 57.9 Å². The van der Waals surface area contributed by atoms with Crippen LogP contribution in [0.25, 0.3) is 11.1 Å². The highest BCUT2D eigenvalue weighted by molar-refractivity contribution is 6.31. The number of aromatic amines is 1. The molecule has 0 amide bonds. The number of nitrogens with two attached hydrogens (primary N) is 1. The Morgan fingerprint density at radius 3 is 2.87 bits per heavy atom. The van der Waals surface area contributed by atoms with Crippen molar-refractivity contribution in [1.82, 2.24) is 15.0 Å². The lowest BCUT2D eigenvalue weighted by atomic mass is 9.81. The SMILES string of the molecule is C=C(C1=C=CCC(CC2CCCC(N)C2)=c2c(Cl)c(CC)[nH]c2=N1)c1cncnc1. The van der Waals surface area contributed by atoms with Crippen molar-refractivity contribution in [2.75, 3.05) is 0 Å². The van der Waals surface area contributed by atoms with Crippen LogP contribution in [-0.2, 0) is 6.42 Å². The highest BCUT2D eigenvalue weighted by Gasteiger charge is 2.22. The summed E-state index contributed by atoms with van der Waals surface area (Å²) in [6, 6.07) is 0.313. The van der Waals surface area contributed by atoms with Gasteiger partial charge in [-0.25, -0.2) is 15.0 Å². The average molecular weight is 422 g/mol. The van der Waals surface area contributed by atoms with Crippen LogP contribution in [0.4, 0.5) is 0 Å². The largest absolute Gasteiger partial charge is 0.342 e. The Hall–Kier alpha value is -2.46. The minimum absolute atomic E-state index is 0.313. The Balaban J connectivity index is 1.79. The molecule has 1 aliphatic carbocycles. The lowest BCUT2D eigenvalue weighted by Gasteiger charge is -2.27. The summed E-state index contributed by atoms with van der Waals surface area (Å²) in [5, 5.41) is 1.83.